The minimum Gasteiger partial charge on any atom is -0.493 e. The van der Waals surface area contributed by atoms with Crippen molar-refractivity contribution in [2.75, 3.05) is 19.0 Å². The number of anilines is 1. The number of carbonyl (C=O) groups excluding carboxylic acids is 1. The highest BCUT2D eigenvalue weighted by atomic mass is 16.6. The van der Waals surface area contributed by atoms with Gasteiger partial charge in [-0.25, -0.2) is 0 Å². The van der Waals surface area contributed by atoms with E-state index in [1.54, 1.807) is 43.5 Å². The van der Waals surface area contributed by atoms with Crippen LogP contribution in [-0.2, 0) is 9.63 Å². The van der Waals surface area contributed by atoms with Gasteiger partial charge in [0.25, 0.3) is 5.91 Å². The molecule has 0 bridgehead atoms. The van der Waals surface area contributed by atoms with Crippen molar-refractivity contribution in [3.63, 3.8) is 0 Å². The fraction of sp³-hybridized carbons (Fsp3) is 0.250. The number of benzene rings is 2. The van der Waals surface area contributed by atoms with E-state index in [1.807, 2.05) is 26.0 Å². The van der Waals surface area contributed by atoms with Crippen molar-refractivity contribution in [1.29, 1.82) is 5.26 Å². The van der Waals surface area contributed by atoms with Gasteiger partial charge in [-0.05, 0) is 56.3 Å². The minimum atomic E-state index is -0.352. The molecule has 0 radical (unpaired) electrons. The average Bonchev–Trinajstić information content (AvgIpc) is 2.66. The lowest BCUT2D eigenvalue weighted by Gasteiger charge is -2.13. The fourth-order valence-corrected chi connectivity index (χ4v) is 2.13. The van der Waals surface area contributed by atoms with Gasteiger partial charge >= 0.3 is 0 Å². The van der Waals surface area contributed by atoms with E-state index in [1.165, 1.54) is 6.21 Å². The van der Waals surface area contributed by atoms with Gasteiger partial charge in [0.1, 0.15) is 0 Å². The van der Waals surface area contributed by atoms with Gasteiger partial charge in [0.15, 0.2) is 18.1 Å². The maximum atomic E-state index is 11.8. The number of carbonyl (C=O) groups is 1. The maximum absolute atomic E-state index is 11.8. The van der Waals surface area contributed by atoms with Gasteiger partial charge in [0.05, 0.1) is 31.1 Å². The van der Waals surface area contributed by atoms with Crippen LogP contribution in [0.25, 0.3) is 0 Å². The normalized spacial score (nSPS) is 10.5. The Hall–Kier alpha value is -3.53. The van der Waals surface area contributed by atoms with Crippen LogP contribution in [0.1, 0.15) is 25.0 Å². The molecule has 0 saturated heterocycles. The van der Waals surface area contributed by atoms with Crippen molar-refractivity contribution in [1.82, 2.24) is 0 Å². The van der Waals surface area contributed by atoms with E-state index in [-0.39, 0.29) is 18.6 Å². The second-order valence-electron chi connectivity index (χ2n) is 5.82. The molecule has 0 spiro atoms. The molecular formula is C20H21N3O4. The summed E-state index contributed by atoms with van der Waals surface area (Å²) in [4.78, 5) is 16.8. The molecule has 0 unspecified atom stereocenters. The maximum Gasteiger partial charge on any atom is 0.265 e. The number of nitriles is 1. The largest absolute Gasteiger partial charge is 0.493 e. The van der Waals surface area contributed by atoms with Gasteiger partial charge in [-0.15, -0.1) is 0 Å². The van der Waals surface area contributed by atoms with Crippen molar-refractivity contribution < 1.29 is 19.1 Å². The molecule has 1 N–H and O–H groups in total. The molecule has 0 fully saturated rings. The lowest BCUT2D eigenvalue weighted by Crippen LogP contribution is -2.16. The van der Waals surface area contributed by atoms with E-state index in [0.29, 0.717) is 22.7 Å². The van der Waals surface area contributed by atoms with Crippen LogP contribution in [0.3, 0.4) is 0 Å². The number of nitrogens with zero attached hydrogens (tertiary/aromatic N) is 2. The molecule has 1 amide bonds. The standard InChI is InChI=1S/C20H21N3O4/c1-14(2)27-18-9-6-16(10-19(18)25-3)12-22-26-13-20(24)23-17-7-4-15(11-21)5-8-17/h4-10,12,14H,13H2,1-3H3,(H,23,24)/b22-12-. The Labute approximate surface area is 158 Å². The Balaban J connectivity index is 1.85. The Morgan fingerprint density at radius 1 is 1.22 bits per heavy atom. The van der Waals surface area contributed by atoms with Crippen LogP contribution in [0.4, 0.5) is 5.69 Å². The molecule has 27 heavy (non-hydrogen) atoms. The molecule has 0 atom stereocenters. The van der Waals surface area contributed by atoms with Gasteiger partial charge in [-0.1, -0.05) is 5.16 Å². The van der Waals surface area contributed by atoms with Gasteiger partial charge in [0.2, 0.25) is 0 Å². The van der Waals surface area contributed by atoms with Gasteiger partial charge in [-0.3, -0.25) is 4.79 Å². The zero-order chi connectivity index (χ0) is 19.6. The summed E-state index contributed by atoms with van der Waals surface area (Å²) in [5.41, 5.74) is 1.85. The summed E-state index contributed by atoms with van der Waals surface area (Å²) in [6, 6.07) is 13.9. The van der Waals surface area contributed by atoms with Crippen LogP contribution in [0.2, 0.25) is 0 Å². The minimum absolute atomic E-state index is 0.0383. The van der Waals surface area contributed by atoms with E-state index in [9.17, 15) is 4.79 Å². The van der Waals surface area contributed by atoms with Crippen molar-refractivity contribution in [2.45, 2.75) is 20.0 Å². The zero-order valence-electron chi connectivity index (χ0n) is 15.4. The van der Waals surface area contributed by atoms with Gasteiger partial charge in [0, 0.05) is 11.3 Å². The highest BCUT2D eigenvalue weighted by molar-refractivity contribution is 5.91. The van der Waals surface area contributed by atoms with Crippen molar-refractivity contribution in [2.24, 2.45) is 5.16 Å². The monoisotopic (exact) mass is 367 g/mol. The Bertz CT molecular complexity index is 839. The summed E-state index contributed by atoms with van der Waals surface area (Å²) in [7, 11) is 1.56. The van der Waals surface area contributed by atoms with Crippen LogP contribution < -0.4 is 14.8 Å². The van der Waals surface area contributed by atoms with E-state index in [2.05, 4.69) is 10.5 Å². The smallest absolute Gasteiger partial charge is 0.265 e. The third-order valence-electron chi connectivity index (χ3n) is 3.32. The summed E-state index contributed by atoms with van der Waals surface area (Å²) in [5.74, 6) is 0.883. The van der Waals surface area contributed by atoms with E-state index >= 15 is 0 Å². The number of rotatable bonds is 8. The lowest BCUT2D eigenvalue weighted by atomic mass is 10.2. The predicted molar refractivity (Wildman–Crippen MR) is 102 cm³/mol. The first-order valence-electron chi connectivity index (χ1n) is 8.32. The molecule has 0 aromatic heterocycles. The van der Waals surface area contributed by atoms with Crippen LogP contribution in [0.5, 0.6) is 11.5 Å². The van der Waals surface area contributed by atoms with Crippen LogP contribution in [0, 0.1) is 11.3 Å². The number of ether oxygens (including phenoxy) is 2. The molecule has 140 valence electrons. The summed E-state index contributed by atoms with van der Waals surface area (Å²) >= 11 is 0. The third kappa shape index (κ3) is 6.36. The molecule has 0 heterocycles. The van der Waals surface area contributed by atoms with Crippen LogP contribution in [0.15, 0.2) is 47.6 Å². The first-order chi connectivity index (χ1) is 13.0. The summed E-state index contributed by atoms with van der Waals surface area (Å²) in [6.45, 7) is 3.64. The average molecular weight is 367 g/mol. The number of hydrogen-bond acceptors (Lipinski definition) is 6. The van der Waals surface area contributed by atoms with E-state index in [0.717, 1.165) is 5.56 Å². The quantitative estimate of drug-likeness (QED) is 0.570. The van der Waals surface area contributed by atoms with Gasteiger partial charge < -0.3 is 19.6 Å². The molecule has 0 aliphatic rings. The third-order valence-corrected chi connectivity index (χ3v) is 3.32. The number of oxime groups is 1. The molecular weight excluding hydrogens is 346 g/mol. The van der Waals surface area contributed by atoms with Crippen LogP contribution >= 0.6 is 0 Å². The molecule has 7 heteroatoms. The summed E-state index contributed by atoms with van der Waals surface area (Å²) in [6.07, 6.45) is 1.52. The number of amides is 1. The summed E-state index contributed by atoms with van der Waals surface area (Å²) < 4.78 is 11.0. The zero-order valence-corrected chi connectivity index (χ0v) is 15.4. The van der Waals surface area contributed by atoms with Crippen LogP contribution in [-0.4, -0.2) is 31.9 Å². The Kier molecular flexibility index (Phi) is 7.20. The fourth-order valence-electron chi connectivity index (χ4n) is 2.13. The molecule has 0 aliphatic heterocycles. The molecule has 7 nitrogen and oxygen atoms in total. The molecule has 2 rings (SSSR count). The Morgan fingerprint density at radius 3 is 2.59 bits per heavy atom. The molecule has 0 aliphatic carbocycles. The van der Waals surface area contributed by atoms with Crippen molar-refractivity contribution >= 4 is 17.8 Å². The predicted octanol–water partition coefficient (Wildman–Crippen LogP) is 3.34. The van der Waals surface area contributed by atoms with Crippen molar-refractivity contribution in [3.05, 3.63) is 53.6 Å². The number of hydrogen-bond donors (Lipinski definition) is 1. The lowest BCUT2D eigenvalue weighted by molar-refractivity contribution is -0.120. The molecule has 2 aromatic carbocycles. The van der Waals surface area contributed by atoms with Gasteiger partial charge in [-0.2, -0.15) is 5.26 Å². The van der Waals surface area contributed by atoms with E-state index in [4.69, 9.17) is 19.6 Å². The topological polar surface area (TPSA) is 92.9 Å². The molecule has 2 aromatic rings. The Morgan fingerprint density at radius 2 is 1.96 bits per heavy atom. The second-order valence-corrected chi connectivity index (χ2v) is 5.82. The second kappa shape index (κ2) is 9.82. The number of methoxy groups -OCH3 is 1. The first-order valence-corrected chi connectivity index (χ1v) is 8.32. The SMILES string of the molecule is COc1cc(/C=N\OCC(=O)Nc2ccc(C#N)cc2)ccc1OC(C)C. The highest BCUT2D eigenvalue weighted by Gasteiger charge is 2.07. The van der Waals surface area contributed by atoms with Crippen molar-refractivity contribution in [3.8, 4) is 17.6 Å². The number of nitrogens with one attached hydrogen (secondary N) is 1. The molecule has 0 saturated carbocycles. The first kappa shape index (κ1) is 19.8. The highest BCUT2D eigenvalue weighted by Crippen LogP contribution is 2.28. The summed E-state index contributed by atoms with van der Waals surface area (Å²) in [5, 5.41) is 15.2. The van der Waals surface area contributed by atoms with E-state index < -0.39 is 0 Å².